The Kier molecular flexibility index (Phi) is 6.57. The summed E-state index contributed by atoms with van der Waals surface area (Å²) in [6, 6.07) is 7.82. The minimum Gasteiger partial charge on any atom is -0.379 e. The van der Waals surface area contributed by atoms with Gasteiger partial charge in [-0.1, -0.05) is 12.1 Å². The molecule has 8 heteroatoms. The van der Waals surface area contributed by atoms with Crippen LogP contribution in [0.25, 0.3) is 10.2 Å². The van der Waals surface area contributed by atoms with Crippen LogP contribution in [0, 0.1) is 0 Å². The third-order valence-electron chi connectivity index (χ3n) is 6.37. The summed E-state index contributed by atoms with van der Waals surface area (Å²) in [6.07, 6.45) is 4.72. The minimum atomic E-state index is 0.0148. The van der Waals surface area contributed by atoms with Crippen molar-refractivity contribution in [3.63, 3.8) is 0 Å². The molecule has 1 N–H and O–H groups in total. The SMILES string of the molecule is CN(C)C(=O)c1cccc(CNc2nc(CN3CCOCC3)nc3sc4c(c23)CCCC4)c1. The molecule has 3 heterocycles. The summed E-state index contributed by atoms with van der Waals surface area (Å²) < 4.78 is 5.50. The standard InChI is InChI=1S/C25H31N5O2S/c1-29(2)25(31)18-7-5-6-17(14-18)15-26-23-22-19-8-3-4-9-20(19)33-24(22)28-21(27-23)16-30-10-12-32-13-11-30/h5-7,14H,3-4,8-13,15-16H2,1-2H3,(H,26,27,28). The summed E-state index contributed by atoms with van der Waals surface area (Å²) >= 11 is 1.84. The number of nitrogens with zero attached hydrogens (tertiary/aromatic N) is 4. The molecule has 1 aliphatic carbocycles. The van der Waals surface area contributed by atoms with Crippen molar-refractivity contribution in [2.45, 2.75) is 38.8 Å². The minimum absolute atomic E-state index is 0.0148. The van der Waals surface area contributed by atoms with Gasteiger partial charge in [0.05, 0.1) is 25.1 Å². The Hall–Kier alpha value is -2.55. The Morgan fingerprint density at radius 2 is 2.00 bits per heavy atom. The van der Waals surface area contributed by atoms with Crippen LogP contribution >= 0.6 is 11.3 Å². The zero-order valence-electron chi connectivity index (χ0n) is 19.4. The summed E-state index contributed by atoms with van der Waals surface area (Å²) in [6.45, 7) is 4.71. The van der Waals surface area contributed by atoms with Gasteiger partial charge in [-0.25, -0.2) is 9.97 Å². The predicted octanol–water partition coefficient (Wildman–Crippen LogP) is 3.72. The van der Waals surface area contributed by atoms with Crippen LogP contribution in [0.5, 0.6) is 0 Å². The maximum Gasteiger partial charge on any atom is 0.253 e. The molecule has 0 unspecified atom stereocenters. The first-order valence-corrected chi connectivity index (χ1v) is 12.6. The number of hydrogen-bond acceptors (Lipinski definition) is 7. The zero-order valence-corrected chi connectivity index (χ0v) is 20.2. The lowest BCUT2D eigenvalue weighted by atomic mass is 9.97. The van der Waals surface area contributed by atoms with Gasteiger partial charge in [0.25, 0.3) is 5.91 Å². The Balaban J connectivity index is 1.44. The van der Waals surface area contributed by atoms with Crippen LogP contribution in [0.1, 0.15) is 45.0 Å². The highest BCUT2D eigenvalue weighted by Gasteiger charge is 2.22. The first-order chi connectivity index (χ1) is 16.1. The van der Waals surface area contributed by atoms with E-state index >= 15 is 0 Å². The third-order valence-corrected chi connectivity index (χ3v) is 7.56. The van der Waals surface area contributed by atoms with Crippen molar-refractivity contribution in [2.75, 3.05) is 45.7 Å². The quantitative estimate of drug-likeness (QED) is 0.598. The number of fused-ring (bicyclic) bond motifs is 3. The maximum absolute atomic E-state index is 12.4. The van der Waals surface area contributed by atoms with Gasteiger partial charge in [0.15, 0.2) is 0 Å². The molecule has 1 fully saturated rings. The molecule has 0 bridgehead atoms. The van der Waals surface area contributed by atoms with Crippen LogP contribution in [-0.2, 0) is 30.7 Å². The summed E-state index contributed by atoms with van der Waals surface area (Å²) in [5.74, 6) is 1.80. The van der Waals surface area contributed by atoms with E-state index in [4.69, 9.17) is 14.7 Å². The van der Waals surface area contributed by atoms with Gasteiger partial charge in [-0.15, -0.1) is 11.3 Å². The molecule has 1 saturated heterocycles. The molecular weight excluding hydrogens is 434 g/mol. The summed E-state index contributed by atoms with van der Waals surface area (Å²) in [7, 11) is 3.56. The van der Waals surface area contributed by atoms with Crippen molar-refractivity contribution in [3.05, 3.63) is 51.7 Å². The fourth-order valence-corrected chi connectivity index (χ4v) is 5.90. The molecule has 0 spiro atoms. The Morgan fingerprint density at radius 3 is 2.82 bits per heavy atom. The number of rotatable bonds is 6. The van der Waals surface area contributed by atoms with Crippen molar-refractivity contribution in [2.24, 2.45) is 0 Å². The van der Waals surface area contributed by atoms with Gasteiger partial charge in [-0.3, -0.25) is 9.69 Å². The van der Waals surface area contributed by atoms with Gasteiger partial charge >= 0.3 is 0 Å². The Morgan fingerprint density at radius 1 is 1.18 bits per heavy atom. The summed E-state index contributed by atoms with van der Waals surface area (Å²) in [4.78, 5) is 28.9. The first kappa shape index (κ1) is 22.3. The van der Waals surface area contributed by atoms with E-state index in [-0.39, 0.29) is 5.91 Å². The van der Waals surface area contributed by atoms with E-state index < -0.39 is 0 Å². The zero-order chi connectivity index (χ0) is 22.8. The number of nitrogens with one attached hydrogen (secondary N) is 1. The molecule has 1 aromatic carbocycles. The molecule has 33 heavy (non-hydrogen) atoms. The lowest BCUT2D eigenvalue weighted by molar-refractivity contribution is 0.0331. The van der Waals surface area contributed by atoms with Crippen molar-refractivity contribution >= 4 is 33.3 Å². The van der Waals surface area contributed by atoms with Crippen LogP contribution in [-0.4, -0.2) is 66.1 Å². The molecule has 0 atom stereocenters. The summed E-state index contributed by atoms with van der Waals surface area (Å²) in [5.41, 5.74) is 3.19. The van der Waals surface area contributed by atoms with E-state index in [0.29, 0.717) is 12.1 Å². The molecule has 0 saturated carbocycles. The van der Waals surface area contributed by atoms with E-state index in [1.54, 1.807) is 19.0 Å². The van der Waals surface area contributed by atoms with Crippen molar-refractivity contribution < 1.29 is 9.53 Å². The highest BCUT2D eigenvalue weighted by molar-refractivity contribution is 7.19. The molecule has 1 aliphatic heterocycles. The van der Waals surface area contributed by atoms with E-state index in [0.717, 1.165) is 67.7 Å². The number of aryl methyl sites for hydroxylation is 2. The number of carbonyl (C=O) groups is 1. The molecule has 2 aliphatic rings. The van der Waals surface area contributed by atoms with Crippen LogP contribution in [0.4, 0.5) is 5.82 Å². The van der Waals surface area contributed by atoms with Crippen LogP contribution in [0.3, 0.4) is 0 Å². The monoisotopic (exact) mass is 465 g/mol. The predicted molar refractivity (Wildman–Crippen MR) is 132 cm³/mol. The van der Waals surface area contributed by atoms with Crippen molar-refractivity contribution in [1.29, 1.82) is 0 Å². The Bertz CT molecular complexity index is 1150. The number of ether oxygens (including phenoxy) is 1. The highest BCUT2D eigenvalue weighted by Crippen LogP contribution is 2.38. The molecule has 2 aromatic heterocycles. The van der Waals surface area contributed by atoms with Crippen molar-refractivity contribution in [3.8, 4) is 0 Å². The van der Waals surface area contributed by atoms with Crippen LogP contribution < -0.4 is 5.32 Å². The number of carbonyl (C=O) groups excluding carboxylic acids is 1. The second kappa shape index (κ2) is 9.75. The number of morpholine rings is 1. The second-order valence-electron chi connectivity index (χ2n) is 9.02. The first-order valence-electron chi connectivity index (χ1n) is 11.7. The van der Waals surface area contributed by atoms with Crippen molar-refractivity contribution in [1.82, 2.24) is 19.8 Å². The fraction of sp³-hybridized carbons (Fsp3) is 0.480. The third kappa shape index (κ3) is 4.88. The van der Waals surface area contributed by atoms with E-state index in [1.165, 1.54) is 28.7 Å². The van der Waals surface area contributed by atoms with Gasteiger partial charge in [-0.2, -0.15) is 0 Å². The number of thiophene rings is 1. The van der Waals surface area contributed by atoms with Gasteiger partial charge in [-0.05, 0) is 48.9 Å². The average molecular weight is 466 g/mol. The second-order valence-corrected chi connectivity index (χ2v) is 10.1. The van der Waals surface area contributed by atoms with E-state index in [2.05, 4.69) is 16.3 Å². The molecule has 5 rings (SSSR count). The number of benzene rings is 1. The van der Waals surface area contributed by atoms with E-state index in [9.17, 15) is 4.79 Å². The molecule has 3 aromatic rings. The number of aromatic nitrogens is 2. The van der Waals surface area contributed by atoms with Gasteiger partial charge in [0.2, 0.25) is 0 Å². The molecular formula is C25H31N5O2S. The maximum atomic E-state index is 12.4. The largest absolute Gasteiger partial charge is 0.379 e. The van der Waals surface area contributed by atoms with Gasteiger partial charge in [0.1, 0.15) is 16.5 Å². The van der Waals surface area contributed by atoms with Gasteiger partial charge < -0.3 is 15.0 Å². The van der Waals surface area contributed by atoms with E-state index in [1.807, 2.05) is 29.5 Å². The number of anilines is 1. The van der Waals surface area contributed by atoms with Gasteiger partial charge in [0, 0.05) is 44.2 Å². The topological polar surface area (TPSA) is 70.6 Å². The Labute approximate surface area is 198 Å². The fourth-order valence-electron chi connectivity index (χ4n) is 4.62. The van der Waals surface area contributed by atoms with Crippen LogP contribution in [0.15, 0.2) is 24.3 Å². The highest BCUT2D eigenvalue weighted by atomic mass is 32.1. The lowest BCUT2D eigenvalue weighted by Gasteiger charge is -2.25. The number of hydrogen-bond donors (Lipinski definition) is 1. The lowest BCUT2D eigenvalue weighted by Crippen LogP contribution is -2.36. The molecule has 1 amide bonds. The van der Waals surface area contributed by atoms with Crippen LogP contribution in [0.2, 0.25) is 0 Å². The number of amides is 1. The molecule has 0 radical (unpaired) electrons. The summed E-state index contributed by atoms with van der Waals surface area (Å²) in [5, 5.41) is 4.80. The normalized spacial score (nSPS) is 16.5. The smallest absolute Gasteiger partial charge is 0.253 e. The molecule has 7 nitrogen and oxygen atoms in total. The molecule has 174 valence electrons. The average Bonchev–Trinajstić information content (AvgIpc) is 3.21.